The van der Waals surface area contributed by atoms with Crippen LogP contribution in [0, 0.1) is 0 Å². The number of rotatable bonds is 0. The fourth-order valence-corrected chi connectivity index (χ4v) is 0. The van der Waals surface area contributed by atoms with Gasteiger partial charge in [-0.25, -0.2) is 0 Å². The summed E-state index contributed by atoms with van der Waals surface area (Å²) in [5.74, 6) is 0. The molecule has 110 valence electrons. The SMILES string of the molecule is [O-]P([O-])[O-].[O-]P([O-])[O-].[O-]P([O-])[O-].[O-]P([O-])[O-].[W+4].[W+4].[W+4]. The van der Waals surface area contributed by atoms with Gasteiger partial charge in [-0.15, -0.1) is 0 Å². The van der Waals surface area contributed by atoms with E-state index in [1.54, 1.807) is 0 Å². The molecule has 19 heavy (non-hydrogen) atoms. The van der Waals surface area contributed by atoms with Crippen molar-refractivity contribution in [1.82, 2.24) is 0 Å². The van der Waals surface area contributed by atoms with Crippen LogP contribution in [0.1, 0.15) is 0 Å². The molecule has 0 atom stereocenters. The maximum atomic E-state index is 8.48. The second kappa shape index (κ2) is 37.5. The molecule has 19 heteroatoms. The topological polar surface area (TPSA) is 277 Å². The van der Waals surface area contributed by atoms with Gasteiger partial charge in [0.1, 0.15) is 0 Å². The van der Waals surface area contributed by atoms with E-state index < -0.39 is 34.4 Å². The van der Waals surface area contributed by atoms with Gasteiger partial charge in [-0.05, 0) is 0 Å². The minimum atomic E-state index is -3.37. The predicted octanol–water partition coefficient (Wildman–Crippen LogP) is -10.8. The molecule has 0 rings (SSSR count). The Bertz CT molecular complexity index is 68.0. The molecule has 0 radical (unpaired) electrons. The van der Waals surface area contributed by atoms with Crippen LogP contribution in [0.2, 0.25) is 0 Å². The molecule has 0 aliphatic rings. The molecule has 0 saturated carbocycles. The molecule has 12 nitrogen and oxygen atoms in total. The third-order valence-corrected chi connectivity index (χ3v) is 0. The summed E-state index contributed by atoms with van der Waals surface area (Å²) in [6, 6.07) is 0. The van der Waals surface area contributed by atoms with E-state index in [2.05, 4.69) is 0 Å². The monoisotopic (exact) mass is 868 g/mol. The summed E-state index contributed by atoms with van der Waals surface area (Å²) in [5.41, 5.74) is 0. The summed E-state index contributed by atoms with van der Waals surface area (Å²) in [6.45, 7) is 0. The Morgan fingerprint density at radius 2 is 0.263 bits per heavy atom. The Morgan fingerprint density at radius 1 is 0.263 bits per heavy atom. The molecule has 0 bridgehead atoms. The molecule has 0 unspecified atom stereocenters. The summed E-state index contributed by atoms with van der Waals surface area (Å²) < 4.78 is 0. The van der Waals surface area contributed by atoms with Crippen molar-refractivity contribution in [2.45, 2.75) is 0 Å². The second-order valence-corrected chi connectivity index (χ2v) is 2.68. The molecule has 0 saturated heterocycles. The fourth-order valence-electron chi connectivity index (χ4n) is 0. The normalized spacial score (nSPS) is 7.58. The van der Waals surface area contributed by atoms with Gasteiger partial charge in [-0.1, -0.05) is 0 Å². The van der Waals surface area contributed by atoms with E-state index in [0.717, 1.165) is 0 Å². The van der Waals surface area contributed by atoms with Gasteiger partial charge >= 0.3 is 63.2 Å². The number of hydrogen-bond donors (Lipinski definition) is 0. The van der Waals surface area contributed by atoms with Gasteiger partial charge in [0.25, 0.3) is 0 Å². The molecular formula is O12P4W3. The third-order valence-electron chi connectivity index (χ3n) is 0. The van der Waals surface area contributed by atoms with Crippen molar-refractivity contribution in [3.8, 4) is 0 Å². The van der Waals surface area contributed by atoms with E-state index >= 15 is 0 Å². The molecule has 0 amide bonds. The first-order valence-electron chi connectivity index (χ1n) is 2.19. The standard InChI is InChI=1S/4O3P.3W/c4*1-4(2)3;;;/q4*-3;3*+4. The summed E-state index contributed by atoms with van der Waals surface area (Å²) in [7, 11) is -13.5. The Balaban J connectivity index is -0.0000000192. The summed E-state index contributed by atoms with van der Waals surface area (Å²) >= 11 is 0. The van der Waals surface area contributed by atoms with E-state index in [-0.39, 0.29) is 63.2 Å². The second-order valence-electron chi connectivity index (χ2n) is 0.894. The van der Waals surface area contributed by atoms with Crippen LogP contribution in [0.5, 0.6) is 0 Å². The van der Waals surface area contributed by atoms with Gasteiger partial charge in [0.05, 0.1) is 0 Å². The molecule has 0 spiro atoms. The van der Waals surface area contributed by atoms with Crippen molar-refractivity contribution in [2.75, 3.05) is 0 Å². The van der Waals surface area contributed by atoms with Gasteiger partial charge in [0, 0.05) is 0 Å². The van der Waals surface area contributed by atoms with Crippen molar-refractivity contribution in [3.05, 3.63) is 0 Å². The molecule has 0 aliphatic heterocycles. The van der Waals surface area contributed by atoms with Gasteiger partial charge in [0.2, 0.25) is 0 Å². The molecule has 0 aromatic carbocycles. The van der Waals surface area contributed by atoms with E-state index in [4.69, 9.17) is 58.7 Å². The van der Waals surface area contributed by atoms with Crippen molar-refractivity contribution in [3.63, 3.8) is 0 Å². The summed E-state index contributed by atoms with van der Waals surface area (Å²) in [5, 5.41) is 0. The molecule has 0 fully saturated rings. The smallest absolute Gasteiger partial charge is 0.854 e. The Kier molecular flexibility index (Phi) is 85.3. The van der Waals surface area contributed by atoms with Crippen LogP contribution >= 0.6 is 34.4 Å². The van der Waals surface area contributed by atoms with Crippen LogP contribution in [-0.2, 0) is 63.2 Å². The molecular weight excluding hydrogens is 867 g/mol. The summed E-state index contributed by atoms with van der Waals surface area (Å²) in [4.78, 5) is 102. The van der Waals surface area contributed by atoms with Gasteiger partial charge < -0.3 is 93.1 Å². The molecule has 0 N–H and O–H groups in total. The first kappa shape index (κ1) is 43.2. The van der Waals surface area contributed by atoms with Crippen LogP contribution in [-0.4, -0.2) is 0 Å². The zero-order chi connectivity index (χ0) is 14.3. The average molecular weight is 867 g/mol. The van der Waals surface area contributed by atoms with Crippen molar-refractivity contribution < 1.29 is 122 Å². The maximum absolute atomic E-state index is 8.48. The maximum Gasteiger partial charge on any atom is 4.00 e. The Labute approximate surface area is 155 Å². The zero-order valence-electron chi connectivity index (χ0n) is 7.91. The molecule has 0 aliphatic carbocycles. The Morgan fingerprint density at radius 3 is 0.263 bits per heavy atom. The first-order chi connectivity index (χ1) is 6.93. The van der Waals surface area contributed by atoms with Crippen molar-refractivity contribution in [2.24, 2.45) is 0 Å². The van der Waals surface area contributed by atoms with Crippen molar-refractivity contribution >= 4 is 34.4 Å². The van der Waals surface area contributed by atoms with E-state index in [1.165, 1.54) is 0 Å². The van der Waals surface area contributed by atoms with Crippen LogP contribution in [0.3, 0.4) is 0 Å². The van der Waals surface area contributed by atoms with Gasteiger partial charge in [-0.3, -0.25) is 0 Å². The molecule has 0 heterocycles. The van der Waals surface area contributed by atoms with E-state index in [1.807, 2.05) is 0 Å². The van der Waals surface area contributed by atoms with Crippen LogP contribution in [0.15, 0.2) is 0 Å². The van der Waals surface area contributed by atoms with Gasteiger partial charge in [-0.2, -0.15) is 0 Å². The van der Waals surface area contributed by atoms with Crippen molar-refractivity contribution in [1.29, 1.82) is 0 Å². The fraction of sp³-hybridized carbons (Fsp3) is 0. The van der Waals surface area contributed by atoms with Crippen LogP contribution in [0.25, 0.3) is 0 Å². The Hall–Kier alpha value is 3.30. The first-order valence-corrected chi connectivity index (χ1v) is 6.57. The molecule has 0 aromatic rings. The minimum absolute atomic E-state index is 0. The van der Waals surface area contributed by atoms with Crippen LogP contribution < -0.4 is 58.7 Å². The molecule has 0 aromatic heterocycles. The van der Waals surface area contributed by atoms with E-state index in [9.17, 15) is 0 Å². The van der Waals surface area contributed by atoms with Gasteiger partial charge in [0.15, 0.2) is 0 Å². The summed E-state index contributed by atoms with van der Waals surface area (Å²) in [6.07, 6.45) is 0. The number of hydrogen-bond acceptors (Lipinski definition) is 12. The average Bonchev–Trinajstić information content (AvgIpc) is 1.76. The largest absolute Gasteiger partial charge is 4.00 e. The predicted molar refractivity (Wildman–Crippen MR) is 27.7 cm³/mol. The zero-order valence-corrected chi connectivity index (χ0v) is 20.3. The quantitative estimate of drug-likeness (QED) is 0.205. The van der Waals surface area contributed by atoms with Crippen LogP contribution in [0.4, 0.5) is 0 Å². The minimum Gasteiger partial charge on any atom is -0.854 e. The third kappa shape index (κ3) is 727. The van der Waals surface area contributed by atoms with E-state index in [0.29, 0.717) is 0 Å².